The number of nitrogens with one attached hydrogen (secondary N) is 1. The number of fused-ring (bicyclic) bond motifs is 1. The van der Waals surface area contributed by atoms with Gasteiger partial charge in [0.1, 0.15) is 6.10 Å². The minimum absolute atomic E-state index is 0.682. The molecule has 0 aliphatic heterocycles. The maximum atomic E-state index is 11.4. The molecule has 0 radical (unpaired) electrons. The van der Waals surface area contributed by atoms with Gasteiger partial charge >= 0.3 is 11.9 Å². The van der Waals surface area contributed by atoms with Gasteiger partial charge in [-0.25, -0.2) is 9.59 Å². The van der Waals surface area contributed by atoms with Gasteiger partial charge in [-0.3, -0.25) is 0 Å². The van der Waals surface area contributed by atoms with Crippen LogP contribution in [0, 0.1) is 0 Å². The van der Waals surface area contributed by atoms with Crippen LogP contribution in [0.3, 0.4) is 0 Å². The summed E-state index contributed by atoms with van der Waals surface area (Å²) < 4.78 is 2.21. The van der Waals surface area contributed by atoms with Crippen molar-refractivity contribution in [1.29, 1.82) is 0 Å². The highest BCUT2D eigenvalue weighted by Gasteiger charge is 2.25. The number of para-hydroxylation sites is 2. The van der Waals surface area contributed by atoms with E-state index in [2.05, 4.69) is 53.2 Å². The van der Waals surface area contributed by atoms with Gasteiger partial charge in [0.2, 0.25) is 0 Å². The third kappa shape index (κ3) is 7.45. The van der Waals surface area contributed by atoms with Crippen LogP contribution in [0.4, 0.5) is 0 Å². The van der Waals surface area contributed by atoms with Gasteiger partial charge in [0.15, 0.2) is 0 Å². The molecule has 0 amide bonds. The van der Waals surface area contributed by atoms with Crippen molar-refractivity contribution in [3.05, 3.63) is 96.2 Å². The Balaban J connectivity index is 0.000000439. The van der Waals surface area contributed by atoms with Crippen LogP contribution >= 0.6 is 11.8 Å². The predicted octanol–water partition coefficient (Wildman–Crippen LogP) is 5.21. The third-order valence-electron chi connectivity index (χ3n) is 4.89. The van der Waals surface area contributed by atoms with E-state index in [1.807, 2.05) is 74.4 Å². The molecule has 0 fully saturated rings. The number of thioether (sulfide) groups is 1. The summed E-state index contributed by atoms with van der Waals surface area (Å²) in [6.45, 7) is 2.19. The number of hydrogen-bond donors (Lipinski definition) is 4. The third-order valence-corrected chi connectivity index (χ3v) is 6.22. The first kappa shape index (κ1) is 28.6. The Morgan fingerprint density at radius 2 is 1.36 bits per heavy atom. The summed E-state index contributed by atoms with van der Waals surface area (Å²) in [5, 5.41) is 30.1. The van der Waals surface area contributed by atoms with Crippen molar-refractivity contribution >= 4 is 34.6 Å². The van der Waals surface area contributed by atoms with Crippen LogP contribution in [0.25, 0.3) is 16.6 Å². The number of aliphatic hydroxyl groups excluding tert-OH is 1. The van der Waals surface area contributed by atoms with E-state index in [4.69, 9.17) is 19.8 Å². The Morgan fingerprint density at radius 3 is 1.89 bits per heavy atom. The largest absolute Gasteiger partial charge is 0.473 e. The molecule has 4 aromatic rings. The van der Waals surface area contributed by atoms with E-state index in [9.17, 15) is 5.11 Å². The maximum Gasteiger partial charge on any atom is 0.414 e. The van der Waals surface area contributed by atoms with Gasteiger partial charge in [-0.05, 0) is 50.0 Å². The molecule has 1 aromatic heterocycles. The van der Waals surface area contributed by atoms with Gasteiger partial charge in [-0.2, -0.15) is 0 Å². The molecule has 7 nitrogen and oxygen atoms in total. The molecule has 0 aliphatic carbocycles. The van der Waals surface area contributed by atoms with Gasteiger partial charge in [0, 0.05) is 16.0 Å². The fourth-order valence-electron chi connectivity index (χ4n) is 3.48. The highest BCUT2D eigenvalue weighted by atomic mass is 32.2. The first-order valence-corrected chi connectivity index (χ1v) is 12.4. The van der Waals surface area contributed by atoms with Gasteiger partial charge in [0.25, 0.3) is 0 Å². The second-order valence-corrected chi connectivity index (χ2v) is 8.78. The number of nitrogens with zero attached hydrogens (tertiary/aromatic N) is 1. The Morgan fingerprint density at radius 1 is 0.861 bits per heavy atom. The highest BCUT2D eigenvalue weighted by molar-refractivity contribution is 7.99. The second kappa shape index (κ2) is 14.7. The van der Waals surface area contributed by atoms with Crippen LogP contribution in [0.5, 0.6) is 0 Å². The van der Waals surface area contributed by atoms with Crippen molar-refractivity contribution in [2.45, 2.75) is 24.3 Å². The van der Waals surface area contributed by atoms with E-state index in [1.165, 1.54) is 10.3 Å². The molecule has 4 rings (SSSR count). The molecule has 0 bridgehead atoms. The second-order valence-electron chi connectivity index (χ2n) is 7.67. The van der Waals surface area contributed by atoms with Crippen LogP contribution in [-0.4, -0.2) is 51.7 Å². The Bertz CT molecular complexity index is 1230. The summed E-state index contributed by atoms with van der Waals surface area (Å²) in [7, 11) is 3.75. The molecule has 36 heavy (non-hydrogen) atoms. The lowest BCUT2D eigenvalue weighted by Gasteiger charge is -2.18. The summed E-state index contributed by atoms with van der Waals surface area (Å²) >= 11 is 1.83. The Labute approximate surface area is 215 Å². The lowest BCUT2D eigenvalue weighted by atomic mass is 10.1. The zero-order valence-electron chi connectivity index (χ0n) is 20.6. The summed E-state index contributed by atoms with van der Waals surface area (Å²) in [6.07, 6.45) is 0.411. The molecule has 8 heteroatoms. The number of carbonyl (C=O) groups is 2. The molecule has 190 valence electrons. The van der Waals surface area contributed by atoms with Crippen LogP contribution in [0.15, 0.2) is 89.8 Å². The predicted molar refractivity (Wildman–Crippen MR) is 145 cm³/mol. The van der Waals surface area contributed by atoms with Crippen molar-refractivity contribution in [1.82, 2.24) is 9.88 Å². The van der Waals surface area contributed by atoms with Crippen LogP contribution in [-0.2, 0) is 9.59 Å². The average molecular weight is 509 g/mol. The zero-order chi connectivity index (χ0) is 26.5. The number of hydrogen-bond acceptors (Lipinski definition) is 5. The molecule has 0 saturated heterocycles. The molecule has 0 spiro atoms. The van der Waals surface area contributed by atoms with E-state index < -0.39 is 18.0 Å². The lowest BCUT2D eigenvalue weighted by molar-refractivity contribution is -0.159. The van der Waals surface area contributed by atoms with Crippen molar-refractivity contribution < 1.29 is 24.9 Å². The van der Waals surface area contributed by atoms with Crippen molar-refractivity contribution in [2.75, 3.05) is 19.8 Å². The van der Waals surface area contributed by atoms with Crippen LogP contribution in [0.2, 0.25) is 0 Å². The first-order valence-electron chi connectivity index (χ1n) is 11.5. The average Bonchev–Trinajstić information content (AvgIpc) is 3.23. The number of aromatic nitrogens is 1. The molecule has 0 saturated carbocycles. The smallest absolute Gasteiger partial charge is 0.414 e. The molecule has 4 N–H and O–H groups in total. The number of aliphatic carboxylic acids is 2. The van der Waals surface area contributed by atoms with Gasteiger partial charge in [-0.1, -0.05) is 73.7 Å². The standard InChI is InChI=1S/C24H23NOS.C2H7N.C2H2O4/c1-2-17-27-24-20-15-9-10-16-21(20)25(19-13-7-4-8-14-19)22(24)23(26)18-11-5-3-6-12-18;1-3-2;3-1(4)2(5)6/h3-16,23,26H,2,17H2,1H3;3H,1-2H3;(H,3,4)(H,5,6). The van der Waals surface area contributed by atoms with Gasteiger partial charge in [0.05, 0.1) is 11.2 Å². The van der Waals surface area contributed by atoms with Crippen molar-refractivity contribution in [3.8, 4) is 5.69 Å². The Kier molecular flexibility index (Phi) is 11.7. The maximum absolute atomic E-state index is 11.4. The van der Waals surface area contributed by atoms with Crippen LogP contribution < -0.4 is 5.32 Å². The summed E-state index contributed by atoms with van der Waals surface area (Å²) in [5.74, 6) is -2.62. The lowest BCUT2D eigenvalue weighted by Crippen LogP contribution is -2.09. The topological polar surface area (TPSA) is 112 Å². The fourth-order valence-corrected chi connectivity index (χ4v) is 4.57. The van der Waals surface area contributed by atoms with E-state index in [0.717, 1.165) is 34.6 Å². The SMILES string of the molecule is CCCSc1c(C(O)c2ccccc2)n(-c2ccccc2)c2ccccc12.CNC.O=C(O)C(=O)O. The molecular weight excluding hydrogens is 476 g/mol. The molecule has 3 aromatic carbocycles. The number of rotatable bonds is 6. The van der Waals surface area contributed by atoms with E-state index in [1.54, 1.807) is 0 Å². The first-order chi connectivity index (χ1) is 17.4. The van der Waals surface area contributed by atoms with E-state index >= 15 is 0 Å². The van der Waals surface area contributed by atoms with Crippen LogP contribution in [0.1, 0.15) is 30.7 Å². The number of aliphatic hydroxyl groups is 1. The van der Waals surface area contributed by atoms with Crippen molar-refractivity contribution in [3.63, 3.8) is 0 Å². The van der Waals surface area contributed by atoms with Gasteiger partial charge < -0.3 is 25.2 Å². The minimum atomic E-state index is -1.82. The Hall–Kier alpha value is -3.59. The fraction of sp³-hybridized carbons (Fsp3) is 0.214. The van der Waals surface area contributed by atoms with E-state index in [0.29, 0.717) is 0 Å². The molecule has 1 atom stereocenters. The molecule has 0 aliphatic rings. The van der Waals surface area contributed by atoms with Crippen molar-refractivity contribution in [2.24, 2.45) is 0 Å². The van der Waals surface area contributed by atoms with Gasteiger partial charge in [-0.15, -0.1) is 11.8 Å². The minimum Gasteiger partial charge on any atom is -0.473 e. The molecule has 1 unspecified atom stereocenters. The zero-order valence-corrected chi connectivity index (χ0v) is 21.4. The number of carboxylic acid groups (broad SMARTS) is 2. The summed E-state index contributed by atoms with van der Waals surface area (Å²) in [6, 6.07) is 28.7. The summed E-state index contributed by atoms with van der Waals surface area (Å²) in [5.41, 5.74) is 4.07. The summed E-state index contributed by atoms with van der Waals surface area (Å²) in [4.78, 5) is 19.4. The quantitative estimate of drug-likeness (QED) is 0.209. The molecular formula is C28H32N2O5S. The normalized spacial score (nSPS) is 11.0. The number of carboxylic acids is 2. The highest BCUT2D eigenvalue weighted by Crippen LogP contribution is 2.41. The van der Waals surface area contributed by atoms with E-state index in [-0.39, 0.29) is 0 Å². The number of benzene rings is 3. The monoisotopic (exact) mass is 508 g/mol. The molecule has 1 heterocycles.